The van der Waals surface area contributed by atoms with Gasteiger partial charge < -0.3 is 24.3 Å². The number of rotatable bonds is 7. The number of sulfone groups is 1. The summed E-state index contributed by atoms with van der Waals surface area (Å²) in [5.41, 5.74) is 1.85. The predicted octanol–water partition coefficient (Wildman–Crippen LogP) is 3.47. The molecule has 0 amide bonds. The Morgan fingerprint density at radius 1 is 0.886 bits per heavy atom. The molecular weight excluding hydrogens is 466 g/mol. The molecule has 1 N–H and O–H groups in total. The van der Waals surface area contributed by atoms with Crippen molar-refractivity contribution in [2.75, 3.05) is 13.7 Å². The lowest BCUT2D eigenvalue weighted by molar-refractivity contribution is -0.317. The molecule has 0 saturated carbocycles. The van der Waals surface area contributed by atoms with E-state index in [-0.39, 0.29) is 11.5 Å². The van der Waals surface area contributed by atoms with Crippen molar-refractivity contribution in [2.24, 2.45) is 0 Å². The Morgan fingerprint density at radius 2 is 1.51 bits per heavy atom. The number of hydrogen-bond acceptors (Lipinski definition) is 7. The van der Waals surface area contributed by atoms with Gasteiger partial charge >= 0.3 is 0 Å². The van der Waals surface area contributed by atoms with E-state index in [4.69, 9.17) is 18.9 Å². The molecule has 2 heterocycles. The summed E-state index contributed by atoms with van der Waals surface area (Å²) in [6, 6.07) is 27.1. The summed E-state index contributed by atoms with van der Waals surface area (Å²) in [5, 5.41) is 2.44. The van der Waals surface area contributed by atoms with Crippen LogP contribution in [-0.2, 0) is 35.3 Å². The van der Waals surface area contributed by atoms with Gasteiger partial charge in [-0.1, -0.05) is 78.9 Å². The molecule has 0 unspecified atom stereocenters. The molecule has 2 aliphatic rings. The zero-order valence-corrected chi connectivity index (χ0v) is 20.2. The molecule has 3 aromatic rings. The minimum atomic E-state index is -3.84. The van der Waals surface area contributed by atoms with Gasteiger partial charge in [0, 0.05) is 19.2 Å². The second kappa shape index (κ2) is 10.6. The van der Waals surface area contributed by atoms with Crippen molar-refractivity contribution in [2.45, 2.75) is 47.5 Å². The van der Waals surface area contributed by atoms with Gasteiger partial charge in [0.15, 0.2) is 22.4 Å². The Bertz CT molecular complexity index is 1190. The first kappa shape index (κ1) is 24.1. The molecule has 2 fully saturated rings. The standard InChI is InChI=1S/C27H29NO6S/c1-31-27-23(28-17-19-11-5-2-6-12-19)25(35(29,30)21-15-9-4-10-16-21)24-22(33-27)18-32-26(34-24)20-13-7-3-8-14-20/h2-16,22-28H,17-18H2,1H3/t22-,23-,24-,25-,26-,27-/m1/s1. The average Bonchev–Trinajstić information content (AvgIpc) is 2.92. The van der Waals surface area contributed by atoms with Crippen molar-refractivity contribution in [3.63, 3.8) is 0 Å². The Balaban J connectivity index is 1.52. The van der Waals surface area contributed by atoms with Gasteiger partial charge in [-0.05, 0) is 17.7 Å². The van der Waals surface area contributed by atoms with E-state index in [0.29, 0.717) is 6.54 Å². The molecule has 7 nitrogen and oxygen atoms in total. The minimum Gasteiger partial charge on any atom is -0.354 e. The zero-order valence-electron chi connectivity index (χ0n) is 19.4. The van der Waals surface area contributed by atoms with Gasteiger partial charge in [-0.15, -0.1) is 0 Å². The highest BCUT2D eigenvalue weighted by Gasteiger charge is 2.55. The molecule has 0 aromatic heterocycles. The number of benzene rings is 3. The van der Waals surface area contributed by atoms with E-state index in [1.807, 2.05) is 60.7 Å². The number of fused-ring (bicyclic) bond motifs is 1. The SMILES string of the molecule is CO[C@@H]1O[C@@H]2CO[C@@H](c3ccccc3)O[C@H]2[C@H](S(=O)(=O)c2ccccc2)[C@H]1NCc1ccccc1. The normalized spacial score (nSPS) is 28.8. The molecule has 8 heteroatoms. The van der Waals surface area contributed by atoms with Crippen LogP contribution in [0.15, 0.2) is 95.9 Å². The molecule has 0 radical (unpaired) electrons. The summed E-state index contributed by atoms with van der Waals surface area (Å²) < 4.78 is 52.3. The van der Waals surface area contributed by atoms with Gasteiger partial charge in [-0.2, -0.15) is 0 Å². The summed E-state index contributed by atoms with van der Waals surface area (Å²) in [7, 11) is -2.32. The molecule has 184 valence electrons. The maximum Gasteiger partial charge on any atom is 0.185 e. The molecule has 5 rings (SSSR count). The molecular formula is C27H29NO6S. The number of nitrogens with one attached hydrogen (secondary N) is 1. The molecule has 3 aromatic carbocycles. The van der Waals surface area contributed by atoms with E-state index >= 15 is 0 Å². The summed E-state index contributed by atoms with van der Waals surface area (Å²) in [4.78, 5) is 0.235. The first-order valence-corrected chi connectivity index (χ1v) is 13.2. The van der Waals surface area contributed by atoms with Crippen LogP contribution in [0.1, 0.15) is 17.4 Å². The van der Waals surface area contributed by atoms with Crippen LogP contribution in [0.25, 0.3) is 0 Å². The Kier molecular flexibility index (Phi) is 7.29. The van der Waals surface area contributed by atoms with E-state index in [1.165, 1.54) is 7.11 Å². The van der Waals surface area contributed by atoms with Crippen LogP contribution < -0.4 is 5.32 Å². The second-order valence-corrected chi connectivity index (χ2v) is 10.8. The largest absolute Gasteiger partial charge is 0.354 e. The van der Waals surface area contributed by atoms with E-state index in [9.17, 15) is 8.42 Å². The van der Waals surface area contributed by atoms with E-state index in [1.54, 1.807) is 30.3 Å². The van der Waals surface area contributed by atoms with Crippen molar-refractivity contribution >= 4 is 9.84 Å². The number of ether oxygens (including phenoxy) is 4. The summed E-state index contributed by atoms with van der Waals surface area (Å²) >= 11 is 0. The minimum absolute atomic E-state index is 0.191. The van der Waals surface area contributed by atoms with Gasteiger partial charge in [0.1, 0.15) is 17.5 Å². The maximum atomic E-state index is 14.1. The molecule has 0 spiro atoms. The molecule has 6 atom stereocenters. The van der Waals surface area contributed by atoms with Crippen molar-refractivity contribution in [1.82, 2.24) is 5.32 Å². The number of hydrogen-bond donors (Lipinski definition) is 1. The fourth-order valence-electron chi connectivity index (χ4n) is 4.74. The van der Waals surface area contributed by atoms with Gasteiger partial charge in [0.25, 0.3) is 0 Å². The van der Waals surface area contributed by atoms with Crippen molar-refractivity contribution in [3.05, 3.63) is 102 Å². The molecule has 0 aliphatic carbocycles. The van der Waals surface area contributed by atoms with Crippen LogP contribution in [0.4, 0.5) is 0 Å². The summed E-state index contributed by atoms with van der Waals surface area (Å²) in [5.74, 6) is 0. The third kappa shape index (κ3) is 5.04. The smallest absolute Gasteiger partial charge is 0.185 e. The highest BCUT2D eigenvalue weighted by Crippen LogP contribution is 2.38. The van der Waals surface area contributed by atoms with Crippen LogP contribution in [0.3, 0.4) is 0 Å². The van der Waals surface area contributed by atoms with Gasteiger partial charge in [0.05, 0.1) is 17.5 Å². The molecule has 35 heavy (non-hydrogen) atoms. The molecule has 2 saturated heterocycles. The van der Waals surface area contributed by atoms with Crippen LogP contribution in [-0.4, -0.2) is 51.9 Å². The highest BCUT2D eigenvalue weighted by molar-refractivity contribution is 7.92. The Hall–Kier alpha value is -2.59. The maximum absolute atomic E-state index is 14.1. The average molecular weight is 496 g/mol. The predicted molar refractivity (Wildman–Crippen MR) is 130 cm³/mol. The van der Waals surface area contributed by atoms with Crippen LogP contribution in [0.2, 0.25) is 0 Å². The van der Waals surface area contributed by atoms with Crippen LogP contribution in [0, 0.1) is 0 Å². The first-order chi connectivity index (χ1) is 17.1. The van der Waals surface area contributed by atoms with Crippen molar-refractivity contribution in [1.29, 1.82) is 0 Å². The third-order valence-electron chi connectivity index (χ3n) is 6.46. The lowest BCUT2D eigenvalue weighted by atomic mass is 9.98. The highest BCUT2D eigenvalue weighted by atomic mass is 32.2. The van der Waals surface area contributed by atoms with E-state index in [2.05, 4.69) is 5.32 Å². The van der Waals surface area contributed by atoms with Gasteiger partial charge in [-0.3, -0.25) is 0 Å². The first-order valence-electron chi connectivity index (χ1n) is 11.6. The summed E-state index contributed by atoms with van der Waals surface area (Å²) in [6.45, 7) is 0.641. The van der Waals surface area contributed by atoms with Crippen LogP contribution >= 0.6 is 0 Å². The Labute approximate surface area is 205 Å². The van der Waals surface area contributed by atoms with Crippen molar-refractivity contribution in [3.8, 4) is 0 Å². The van der Waals surface area contributed by atoms with E-state index < -0.39 is 45.9 Å². The second-order valence-electron chi connectivity index (χ2n) is 8.67. The summed E-state index contributed by atoms with van der Waals surface area (Å²) in [6.07, 6.45) is -2.86. The van der Waals surface area contributed by atoms with Gasteiger partial charge in [0.2, 0.25) is 0 Å². The lowest BCUT2D eigenvalue weighted by Crippen LogP contribution is -2.67. The van der Waals surface area contributed by atoms with Crippen LogP contribution in [0.5, 0.6) is 0 Å². The third-order valence-corrected chi connectivity index (χ3v) is 8.67. The monoisotopic (exact) mass is 495 g/mol. The fourth-order valence-corrected chi connectivity index (χ4v) is 6.79. The zero-order chi connectivity index (χ0) is 24.3. The fraction of sp³-hybridized carbons (Fsp3) is 0.333. The lowest BCUT2D eigenvalue weighted by Gasteiger charge is -2.49. The quantitative estimate of drug-likeness (QED) is 0.537. The topological polar surface area (TPSA) is 83.1 Å². The number of methoxy groups -OCH3 is 1. The van der Waals surface area contributed by atoms with Gasteiger partial charge in [-0.25, -0.2) is 8.42 Å². The van der Waals surface area contributed by atoms with Crippen molar-refractivity contribution < 1.29 is 27.4 Å². The van der Waals surface area contributed by atoms with E-state index in [0.717, 1.165) is 11.1 Å². The molecule has 2 aliphatic heterocycles. The Morgan fingerprint density at radius 3 is 2.17 bits per heavy atom. The molecule has 0 bridgehead atoms.